The largest absolute Gasteiger partial charge is 0.508 e. The standard InChI is InChI=1S/C15H13NO3/c17-10-6-5-9(14(18)8-10)7-12-11-3-1-2-4-13(11)16-15(12)19/h1-6,8,12,17-18H,7H2,(H,16,19). The Morgan fingerprint density at radius 1 is 1.11 bits per heavy atom. The average molecular weight is 255 g/mol. The first-order valence-corrected chi connectivity index (χ1v) is 6.06. The first kappa shape index (κ1) is 11.6. The van der Waals surface area contributed by atoms with E-state index in [1.807, 2.05) is 24.3 Å². The van der Waals surface area contributed by atoms with E-state index in [1.165, 1.54) is 12.1 Å². The summed E-state index contributed by atoms with van der Waals surface area (Å²) in [7, 11) is 0. The maximum Gasteiger partial charge on any atom is 0.232 e. The molecule has 0 bridgehead atoms. The van der Waals surface area contributed by atoms with Crippen LogP contribution in [0.5, 0.6) is 11.5 Å². The Hall–Kier alpha value is -2.49. The van der Waals surface area contributed by atoms with Crippen molar-refractivity contribution >= 4 is 11.6 Å². The molecule has 19 heavy (non-hydrogen) atoms. The number of fused-ring (bicyclic) bond motifs is 1. The predicted octanol–water partition coefficient (Wildman–Crippen LogP) is 2.38. The van der Waals surface area contributed by atoms with E-state index >= 15 is 0 Å². The quantitative estimate of drug-likeness (QED) is 0.771. The molecule has 4 nitrogen and oxygen atoms in total. The van der Waals surface area contributed by atoms with Crippen molar-refractivity contribution in [2.45, 2.75) is 12.3 Å². The first-order valence-electron chi connectivity index (χ1n) is 6.06. The van der Waals surface area contributed by atoms with Gasteiger partial charge in [-0.3, -0.25) is 4.79 Å². The molecule has 3 rings (SSSR count). The highest BCUT2D eigenvalue weighted by molar-refractivity contribution is 6.03. The second-order valence-corrected chi connectivity index (χ2v) is 4.65. The lowest BCUT2D eigenvalue weighted by Gasteiger charge is -2.10. The number of hydrogen-bond acceptors (Lipinski definition) is 3. The van der Waals surface area contributed by atoms with Gasteiger partial charge in [0.15, 0.2) is 0 Å². The highest BCUT2D eigenvalue weighted by atomic mass is 16.3. The van der Waals surface area contributed by atoms with Crippen LogP contribution >= 0.6 is 0 Å². The molecular formula is C15H13NO3. The molecule has 1 heterocycles. The van der Waals surface area contributed by atoms with Crippen LogP contribution in [0.25, 0.3) is 0 Å². The summed E-state index contributed by atoms with van der Waals surface area (Å²) in [5.41, 5.74) is 2.42. The topological polar surface area (TPSA) is 69.6 Å². The fourth-order valence-electron chi connectivity index (χ4n) is 2.42. The van der Waals surface area contributed by atoms with E-state index in [1.54, 1.807) is 6.07 Å². The summed E-state index contributed by atoms with van der Waals surface area (Å²) in [6, 6.07) is 12.0. The number of carbonyl (C=O) groups is 1. The van der Waals surface area contributed by atoms with Crippen molar-refractivity contribution in [3.05, 3.63) is 53.6 Å². The van der Waals surface area contributed by atoms with Crippen molar-refractivity contribution in [1.29, 1.82) is 0 Å². The lowest BCUT2D eigenvalue weighted by atomic mass is 9.93. The Morgan fingerprint density at radius 2 is 1.89 bits per heavy atom. The molecule has 0 aliphatic carbocycles. The normalized spacial score (nSPS) is 17.1. The molecule has 1 aliphatic rings. The number of carbonyl (C=O) groups excluding carboxylic acids is 1. The van der Waals surface area contributed by atoms with Gasteiger partial charge >= 0.3 is 0 Å². The summed E-state index contributed by atoms with van der Waals surface area (Å²) < 4.78 is 0. The highest BCUT2D eigenvalue weighted by Gasteiger charge is 2.30. The van der Waals surface area contributed by atoms with Crippen molar-refractivity contribution in [2.24, 2.45) is 0 Å². The Kier molecular flexibility index (Phi) is 2.63. The second kappa shape index (κ2) is 4.31. The van der Waals surface area contributed by atoms with E-state index < -0.39 is 0 Å². The van der Waals surface area contributed by atoms with Crippen molar-refractivity contribution in [3.63, 3.8) is 0 Å². The van der Waals surface area contributed by atoms with Crippen LogP contribution in [0.15, 0.2) is 42.5 Å². The van der Waals surface area contributed by atoms with Crippen LogP contribution < -0.4 is 5.32 Å². The van der Waals surface area contributed by atoms with Crippen molar-refractivity contribution in [2.75, 3.05) is 5.32 Å². The van der Waals surface area contributed by atoms with Crippen LogP contribution in [0.4, 0.5) is 5.69 Å². The third-order valence-electron chi connectivity index (χ3n) is 3.40. The minimum atomic E-state index is -0.299. The highest BCUT2D eigenvalue weighted by Crippen LogP contribution is 2.36. The molecule has 0 fully saturated rings. The number of para-hydroxylation sites is 1. The molecule has 96 valence electrons. The molecule has 4 heteroatoms. The van der Waals surface area contributed by atoms with Crippen LogP contribution in [0.1, 0.15) is 17.0 Å². The number of hydrogen-bond donors (Lipinski definition) is 3. The molecule has 0 spiro atoms. The molecule has 0 radical (unpaired) electrons. The van der Waals surface area contributed by atoms with Crippen molar-refractivity contribution < 1.29 is 15.0 Å². The molecule has 0 saturated carbocycles. The van der Waals surface area contributed by atoms with Crippen LogP contribution in [0, 0.1) is 0 Å². The summed E-state index contributed by atoms with van der Waals surface area (Å²) in [6.07, 6.45) is 0.412. The van der Waals surface area contributed by atoms with Gasteiger partial charge in [-0.1, -0.05) is 24.3 Å². The van der Waals surface area contributed by atoms with E-state index in [0.717, 1.165) is 11.3 Å². The van der Waals surface area contributed by atoms with Gasteiger partial charge in [-0.05, 0) is 29.7 Å². The van der Waals surface area contributed by atoms with Gasteiger partial charge in [-0.15, -0.1) is 0 Å². The van der Waals surface area contributed by atoms with Crippen LogP contribution in [0.2, 0.25) is 0 Å². The Morgan fingerprint density at radius 3 is 2.68 bits per heavy atom. The summed E-state index contributed by atoms with van der Waals surface area (Å²) in [5.74, 6) is -0.338. The zero-order valence-electron chi connectivity index (χ0n) is 10.1. The summed E-state index contributed by atoms with van der Waals surface area (Å²) in [6.45, 7) is 0. The maximum atomic E-state index is 12.0. The number of amides is 1. The molecule has 3 N–H and O–H groups in total. The van der Waals surface area contributed by atoms with Crippen LogP contribution in [-0.2, 0) is 11.2 Å². The van der Waals surface area contributed by atoms with E-state index in [2.05, 4.69) is 5.32 Å². The molecule has 1 unspecified atom stereocenters. The average Bonchev–Trinajstić information content (AvgIpc) is 2.69. The Labute approximate surface area is 110 Å². The lowest BCUT2D eigenvalue weighted by Crippen LogP contribution is -2.14. The monoisotopic (exact) mass is 255 g/mol. The third kappa shape index (κ3) is 2.01. The molecule has 1 atom stereocenters. The Balaban J connectivity index is 1.93. The minimum absolute atomic E-state index is 0.0113. The minimum Gasteiger partial charge on any atom is -0.508 e. The fourth-order valence-corrected chi connectivity index (χ4v) is 2.42. The van der Waals surface area contributed by atoms with Gasteiger partial charge in [0.1, 0.15) is 11.5 Å². The third-order valence-corrected chi connectivity index (χ3v) is 3.40. The summed E-state index contributed by atoms with van der Waals surface area (Å²) in [5, 5.41) is 21.9. The van der Waals surface area contributed by atoms with E-state index in [4.69, 9.17) is 0 Å². The number of nitrogens with one attached hydrogen (secondary N) is 1. The molecule has 2 aromatic rings. The molecule has 0 aromatic heterocycles. The number of rotatable bonds is 2. The number of aromatic hydroxyl groups is 2. The molecule has 2 aromatic carbocycles. The maximum absolute atomic E-state index is 12.0. The van der Waals surface area contributed by atoms with E-state index in [9.17, 15) is 15.0 Å². The van der Waals surface area contributed by atoms with E-state index in [0.29, 0.717) is 12.0 Å². The summed E-state index contributed by atoms with van der Waals surface area (Å²) in [4.78, 5) is 12.0. The van der Waals surface area contributed by atoms with Gasteiger partial charge in [0, 0.05) is 11.8 Å². The second-order valence-electron chi connectivity index (χ2n) is 4.65. The predicted molar refractivity (Wildman–Crippen MR) is 71.3 cm³/mol. The fraction of sp³-hybridized carbons (Fsp3) is 0.133. The van der Waals surface area contributed by atoms with Gasteiger partial charge in [-0.25, -0.2) is 0 Å². The van der Waals surface area contributed by atoms with Gasteiger partial charge < -0.3 is 15.5 Å². The Bertz CT molecular complexity index is 652. The molecule has 1 aliphatic heterocycles. The zero-order chi connectivity index (χ0) is 13.4. The summed E-state index contributed by atoms with van der Waals surface area (Å²) >= 11 is 0. The van der Waals surface area contributed by atoms with Crippen molar-refractivity contribution in [3.8, 4) is 11.5 Å². The molecular weight excluding hydrogens is 242 g/mol. The van der Waals surface area contributed by atoms with Crippen LogP contribution in [-0.4, -0.2) is 16.1 Å². The number of phenolic OH excluding ortho intramolecular Hbond substituents is 2. The van der Waals surface area contributed by atoms with Gasteiger partial charge in [0.2, 0.25) is 5.91 Å². The van der Waals surface area contributed by atoms with E-state index in [-0.39, 0.29) is 23.3 Å². The zero-order valence-corrected chi connectivity index (χ0v) is 10.1. The SMILES string of the molecule is O=C1Nc2ccccc2C1Cc1ccc(O)cc1O. The smallest absolute Gasteiger partial charge is 0.232 e. The van der Waals surface area contributed by atoms with Gasteiger partial charge in [-0.2, -0.15) is 0 Å². The lowest BCUT2D eigenvalue weighted by molar-refractivity contribution is -0.117. The first-order chi connectivity index (χ1) is 9.15. The van der Waals surface area contributed by atoms with Crippen LogP contribution in [0.3, 0.4) is 0 Å². The number of benzene rings is 2. The van der Waals surface area contributed by atoms with Gasteiger partial charge in [0.25, 0.3) is 0 Å². The molecule has 1 amide bonds. The number of phenols is 2. The number of anilines is 1. The van der Waals surface area contributed by atoms with Crippen molar-refractivity contribution in [1.82, 2.24) is 0 Å². The van der Waals surface area contributed by atoms with Gasteiger partial charge in [0.05, 0.1) is 5.92 Å². The molecule has 0 saturated heterocycles.